The highest BCUT2D eigenvalue weighted by atomic mass is 16.5. The van der Waals surface area contributed by atoms with Crippen molar-refractivity contribution < 1.29 is 19.0 Å². The van der Waals surface area contributed by atoms with E-state index in [1.165, 1.54) is 6.21 Å². The molecule has 0 spiro atoms. The van der Waals surface area contributed by atoms with Crippen LogP contribution in [-0.4, -0.2) is 32.1 Å². The monoisotopic (exact) mass is 357 g/mol. The Morgan fingerprint density at radius 2 is 1.92 bits per heavy atom. The van der Waals surface area contributed by atoms with Gasteiger partial charge in [0.1, 0.15) is 19.0 Å². The Labute approximate surface area is 152 Å². The maximum atomic E-state index is 10.6. The number of nitrogens with two attached hydrogens (primary N) is 1. The fourth-order valence-electron chi connectivity index (χ4n) is 2.18. The molecule has 2 aromatic rings. The summed E-state index contributed by atoms with van der Waals surface area (Å²) in [6.45, 7) is 5.20. The molecule has 0 bridgehead atoms. The summed E-state index contributed by atoms with van der Waals surface area (Å²) < 4.78 is 17.0. The molecule has 0 atom stereocenters. The average molecular weight is 357 g/mol. The molecule has 0 aliphatic carbocycles. The first-order valence-corrected chi connectivity index (χ1v) is 8.26. The highest BCUT2D eigenvalue weighted by Crippen LogP contribution is 2.28. The Morgan fingerprint density at radius 1 is 1.12 bits per heavy atom. The summed E-state index contributed by atoms with van der Waals surface area (Å²) in [6, 6.07) is 12.5. The molecule has 26 heavy (non-hydrogen) atoms. The van der Waals surface area contributed by atoms with Crippen LogP contribution in [0.4, 0.5) is 4.79 Å². The lowest BCUT2D eigenvalue weighted by atomic mass is 10.2. The molecule has 7 nitrogen and oxygen atoms in total. The number of hydrogen-bond donors (Lipinski definition) is 2. The molecular weight excluding hydrogens is 334 g/mol. The minimum absolute atomic E-state index is 0.380. The van der Waals surface area contributed by atoms with E-state index < -0.39 is 6.03 Å². The van der Waals surface area contributed by atoms with E-state index in [0.29, 0.717) is 31.3 Å². The number of ether oxygens (including phenoxy) is 3. The number of carbonyl (C=O) groups is 1. The number of carbonyl (C=O) groups excluding carboxylic acids is 1. The van der Waals surface area contributed by atoms with E-state index in [0.717, 1.165) is 16.9 Å². The van der Waals surface area contributed by atoms with Crippen molar-refractivity contribution >= 4 is 12.2 Å². The zero-order chi connectivity index (χ0) is 18.8. The topological polar surface area (TPSA) is 95.2 Å². The molecule has 0 unspecified atom stereocenters. The third kappa shape index (κ3) is 6.35. The molecule has 2 aromatic carbocycles. The highest BCUT2D eigenvalue weighted by Gasteiger charge is 2.06. The first-order chi connectivity index (χ1) is 12.6. The van der Waals surface area contributed by atoms with Gasteiger partial charge in [0.25, 0.3) is 0 Å². The zero-order valence-corrected chi connectivity index (χ0v) is 14.9. The molecule has 0 aliphatic heterocycles. The van der Waals surface area contributed by atoms with Gasteiger partial charge in [0, 0.05) is 0 Å². The van der Waals surface area contributed by atoms with Gasteiger partial charge in [-0.05, 0) is 55.3 Å². The van der Waals surface area contributed by atoms with Crippen LogP contribution in [0.5, 0.6) is 17.2 Å². The summed E-state index contributed by atoms with van der Waals surface area (Å²) >= 11 is 0. The van der Waals surface area contributed by atoms with Crippen LogP contribution in [0.15, 0.2) is 47.6 Å². The van der Waals surface area contributed by atoms with Gasteiger partial charge >= 0.3 is 6.03 Å². The van der Waals surface area contributed by atoms with E-state index >= 15 is 0 Å². The third-order valence-electron chi connectivity index (χ3n) is 3.26. The van der Waals surface area contributed by atoms with Crippen LogP contribution >= 0.6 is 0 Å². The van der Waals surface area contributed by atoms with Crippen LogP contribution < -0.4 is 25.4 Å². The number of rotatable bonds is 9. The molecule has 138 valence electrons. The van der Waals surface area contributed by atoms with E-state index in [-0.39, 0.29) is 0 Å². The molecule has 0 fully saturated rings. The van der Waals surface area contributed by atoms with Crippen molar-refractivity contribution in [2.45, 2.75) is 13.8 Å². The summed E-state index contributed by atoms with van der Waals surface area (Å²) in [6.07, 6.45) is 1.47. The molecule has 0 aliphatic rings. The summed E-state index contributed by atoms with van der Waals surface area (Å²) in [5.41, 5.74) is 8.98. The Bertz CT molecular complexity index is 762. The molecule has 2 rings (SSSR count). The smallest absolute Gasteiger partial charge is 0.332 e. The number of nitrogens with zero attached hydrogens (tertiary/aromatic N) is 1. The predicted molar refractivity (Wildman–Crippen MR) is 100 cm³/mol. The first kappa shape index (κ1) is 19.1. The van der Waals surface area contributed by atoms with Crippen molar-refractivity contribution in [3.8, 4) is 17.2 Å². The van der Waals surface area contributed by atoms with Crippen molar-refractivity contribution in [2.24, 2.45) is 10.8 Å². The van der Waals surface area contributed by atoms with Crippen LogP contribution in [0, 0.1) is 6.92 Å². The maximum Gasteiger partial charge on any atom is 0.332 e. The zero-order valence-electron chi connectivity index (χ0n) is 14.9. The largest absolute Gasteiger partial charge is 0.490 e. The summed E-state index contributed by atoms with van der Waals surface area (Å²) in [7, 11) is 0. The number of nitrogens with one attached hydrogen (secondary N) is 1. The van der Waals surface area contributed by atoms with Gasteiger partial charge in [0.2, 0.25) is 0 Å². The minimum atomic E-state index is -0.722. The molecule has 0 heterocycles. The molecule has 0 aromatic heterocycles. The van der Waals surface area contributed by atoms with Gasteiger partial charge in [0.05, 0.1) is 12.8 Å². The van der Waals surface area contributed by atoms with Gasteiger partial charge in [0.15, 0.2) is 11.5 Å². The van der Waals surface area contributed by atoms with Crippen molar-refractivity contribution in [3.05, 3.63) is 53.6 Å². The van der Waals surface area contributed by atoms with E-state index in [1.807, 2.05) is 38.1 Å². The van der Waals surface area contributed by atoms with Crippen LogP contribution in [0.1, 0.15) is 18.1 Å². The van der Waals surface area contributed by atoms with Crippen LogP contribution in [-0.2, 0) is 0 Å². The number of hydrazone groups is 1. The Hall–Kier alpha value is -3.22. The molecular formula is C19H23N3O4. The van der Waals surface area contributed by atoms with Gasteiger partial charge in [-0.3, -0.25) is 0 Å². The fourth-order valence-corrected chi connectivity index (χ4v) is 2.18. The molecule has 0 saturated carbocycles. The van der Waals surface area contributed by atoms with Gasteiger partial charge in [-0.1, -0.05) is 12.1 Å². The van der Waals surface area contributed by atoms with Crippen molar-refractivity contribution in [1.82, 2.24) is 5.43 Å². The summed E-state index contributed by atoms with van der Waals surface area (Å²) in [5.74, 6) is 2.01. The average Bonchev–Trinajstić information content (AvgIpc) is 2.60. The van der Waals surface area contributed by atoms with E-state index in [4.69, 9.17) is 19.9 Å². The number of amides is 2. The van der Waals surface area contributed by atoms with E-state index in [9.17, 15) is 4.79 Å². The van der Waals surface area contributed by atoms with Crippen molar-refractivity contribution in [1.29, 1.82) is 0 Å². The molecule has 7 heteroatoms. The lowest BCUT2D eigenvalue weighted by Gasteiger charge is -2.13. The third-order valence-corrected chi connectivity index (χ3v) is 3.26. The van der Waals surface area contributed by atoms with Crippen LogP contribution in [0.25, 0.3) is 0 Å². The Morgan fingerprint density at radius 3 is 2.65 bits per heavy atom. The van der Waals surface area contributed by atoms with E-state index in [2.05, 4.69) is 10.5 Å². The number of primary amides is 1. The second kappa shape index (κ2) is 9.93. The Kier molecular flexibility index (Phi) is 7.30. The summed E-state index contributed by atoms with van der Waals surface area (Å²) in [4.78, 5) is 10.6. The molecule has 2 amide bonds. The first-order valence-electron chi connectivity index (χ1n) is 8.26. The normalized spacial score (nSPS) is 10.5. The maximum absolute atomic E-state index is 10.6. The van der Waals surface area contributed by atoms with Gasteiger partial charge in [-0.25, -0.2) is 10.2 Å². The molecule has 0 radical (unpaired) electrons. The molecule has 0 saturated heterocycles. The van der Waals surface area contributed by atoms with Crippen LogP contribution in [0.3, 0.4) is 0 Å². The highest BCUT2D eigenvalue weighted by molar-refractivity contribution is 5.82. The lowest BCUT2D eigenvalue weighted by molar-refractivity contribution is 0.208. The Balaban J connectivity index is 1.92. The van der Waals surface area contributed by atoms with Gasteiger partial charge in [-0.2, -0.15) is 5.10 Å². The number of urea groups is 1. The number of hydrogen-bond acceptors (Lipinski definition) is 5. The molecule has 3 N–H and O–H groups in total. The van der Waals surface area contributed by atoms with Gasteiger partial charge < -0.3 is 19.9 Å². The van der Waals surface area contributed by atoms with Gasteiger partial charge in [-0.15, -0.1) is 0 Å². The lowest BCUT2D eigenvalue weighted by Crippen LogP contribution is -2.24. The standard InChI is InChI=1S/C19H23N3O4/c1-3-24-18-12-15(13-21-22-19(20)23)7-8-17(18)26-10-9-25-16-6-4-5-14(2)11-16/h4-8,11-13H,3,9-10H2,1-2H3,(H3,20,22,23)/b21-13-. The van der Waals surface area contributed by atoms with Crippen molar-refractivity contribution in [3.63, 3.8) is 0 Å². The predicted octanol–water partition coefficient (Wildman–Crippen LogP) is 2.85. The van der Waals surface area contributed by atoms with E-state index in [1.54, 1.807) is 18.2 Å². The van der Waals surface area contributed by atoms with Crippen LogP contribution in [0.2, 0.25) is 0 Å². The summed E-state index contributed by atoms with van der Waals surface area (Å²) in [5, 5.41) is 3.72. The minimum Gasteiger partial charge on any atom is -0.490 e. The second-order valence-corrected chi connectivity index (χ2v) is 5.39. The fraction of sp³-hybridized carbons (Fsp3) is 0.263. The second-order valence-electron chi connectivity index (χ2n) is 5.39. The quantitative estimate of drug-likeness (QED) is 0.410. The van der Waals surface area contributed by atoms with Crippen molar-refractivity contribution in [2.75, 3.05) is 19.8 Å². The number of benzene rings is 2. The number of aryl methyl sites for hydroxylation is 1. The SMILES string of the molecule is CCOc1cc(/C=N\NC(N)=O)ccc1OCCOc1cccc(C)c1.